The number of aliphatic carboxylic acids is 1. The molecule has 0 aromatic heterocycles. The van der Waals surface area contributed by atoms with Crippen molar-refractivity contribution < 1.29 is 14.7 Å². The molecule has 0 atom stereocenters. The maximum Gasteiger partial charge on any atom is 0.317 e. The third kappa shape index (κ3) is 6.33. The number of benzene rings is 1. The number of hydrogen-bond acceptors (Lipinski definition) is 3. The van der Waals surface area contributed by atoms with Crippen molar-refractivity contribution in [1.29, 1.82) is 0 Å². The highest BCUT2D eigenvalue weighted by Gasteiger charge is 2.15. The Bertz CT molecular complexity index is 521. The van der Waals surface area contributed by atoms with Crippen molar-refractivity contribution in [2.75, 3.05) is 18.4 Å². The zero-order valence-electron chi connectivity index (χ0n) is 11.9. The van der Waals surface area contributed by atoms with Gasteiger partial charge in [-0.1, -0.05) is 23.2 Å². The summed E-state index contributed by atoms with van der Waals surface area (Å²) in [6.07, 6.45) is 0.175. The monoisotopic (exact) mass is 332 g/mol. The van der Waals surface area contributed by atoms with E-state index in [-0.39, 0.29) is 24.9 Å². The van der Waals surface area contributed by atoms with Crippen LogP contribution < -0.4 is 5.32 Å². The maximum atomic E-state index is 11.9. The number of anilines is 1. The largest absolute Gasteiger partial charge is 0.480 e. The lowest BCUT2D eigenvalue weighted by molar-refractivity contribution is -0.139. The molecule has 0 radical (unpaired) electrons. The van der Waals surface area contributed by atoms with Crippen LogP contribution in [0.4, 0.5) is 5.69 Å². The van der Waals surface area contributed by atoms with Gasteiger partial charge in [0, 0.05) is 24.0 Å². The Kier molecular flexibility index (Phi) is 6.95. The zero-order valence-corrected chi connectivity index (χ0v) is 13.4. The molecule has 5 nitrogen and oxygen atoms in total. The summed E-state index contributed by atoms with van der Waals surface area (Å²) < 4.78 is 0. The molecule has 116 valence electrons. The molecule has 1 rings (SSSR count). The fourth-order valence-electron chi connectivity index (χ4n) is 1.74. The topological polar surface area (TPSA) is 69.6 Å². The summed E-state index contributed by atoms with van der Waals surface area (Å²) in [6.45, 7) is 4.03. The SMILES string of the molecule is CC(C)N(CCC(=O)Nc1cc(Cl)ccc1Cl)CC(=O)O. The molecular formula is C14H18Cl2N2O3. The number of carboxylic acids is 1. The second-order valence-electron chi connectivity index (χ2n) is 4.88. The van der Waals surface area contributed by atoms with Gasteiger partial charge in [-0.25, -0.2) is 0 Å². The van der Waals surface area contributed by atoms with Gasteiger partial charge in [0.1, 0.15) is 0 Å². The molecule has 0 spiro atoms. The Morgan fingerprint density at radius 3 is 2.57 bits per heavy atom. The number of carbonyl (C=O) groups excluding carboxylic acids is 1. The van der Waals surface area contributed by atoms with E-state index >= 15 is 0 Å². The molecular weight excluding hydrogens is 315 g/mol. The van der Waals surface area contributed by atoms with E-state index in [4.69, 9.17) is 28.3 Å². The number of nitrogens with one attached hydrogen (secondary N) is 1. The highest BCUT2D eigenvalue weighted by atomic mass is 35.5. The van der Waals surface area contributed by atoms with E-state index in [2.05, 4.69) is 5.32 Å². The van der Waals surface area contributed by atoms with E-state index in [0.29, 0.717) is 22.3 Å². The van der Waals surface area contributed by atoms with Crippen molar-refractivity contribution in [2.24, 2.45) is 0 Å². The van der Waals surface area contributed by atoms with E-state index in [9.17, 15) is 9.59 Å². The molecule has 0 saturated carbocycles. The van der Waals surface area contributed by atoms with E-state index in [1.165, 1.54) is 0 Å². The van der Waals surface area contributed by atoms with Crippen molar-refractivity contribution >= 4 is 40.8 Å². The molecule has 0 aliphatic heterocycles. The van der Waals surface area contributed by atoms with E-state index < -0.39 is 5.97 Å². The molecule has 0 aliphatic rings. The van der Waals surface area contributed by atoms with Gasteiger partial charge < -0.3 is 10.4 Å². The number of carbonyl (C=O) groups is 2. The molecule has 0 aliphatic carbocycles. The van der Waals surface area contributed by atoms with Crippen molar-refractivity contribution in [1.82, 2.24) is 4.90 Å². The zero-order chi connectivity index (χ0) is 16.0. The highest BCUT2D eigenvalue weighted by Crippen LogP contribution is 2.25. The Morgan fingerprint density at radius 1 is 1.33 bits per heavy atom. The van der Waals surface area contributed by atoms with Gasteiger partial charge in [0.25, 0.3) is 0 Å². The second-order valence-corrected chi connectivity index (χ2v) is 5.72. The van der Waals surface area contributed by atoms with Crippen LogP contribution in [0.1, 0.15) is 20.3 Å². The molecule has 0 heterocycles. The Morgan fingerprint density at radius 2 is 2.00 bits per heavy atom. The van der Waals surface area contributed by atoms with Gasteiger partial charge in [0.2, 0.25) is 5.91 Å². The van der Waals surface area contributed by atoms with E-state index in [1.807, 2.05) is 13.8 Å². The number of nitrogens with zero attached hydrogens (tertiary/aromatic N) is 1. The van der Waals surface area contributed by atoms with Gasteiger partial charge in [-0.3, -0.25) is 14.5 Å². The Labute approximate surface area is 133 Å². The first-order valence-corrected chi connectivity index (χ1v) is 7.26. The lowest BCUT2D eigenvalue weighted by Gasteiger charge is -2.24. The summed E-state index contributed by atoms with van der Waals surface area (Å²) in [5.74, 6) is -1.16. The summed E-state index contributed by atoms with van der Waals surface area (Å²) in [6, 6.07) is 4.85. The van der Waals surface area contributed by atoms with E-state index in [0.717, 1.165) is 0 Å². The van der Waals surface area contributed by atoms with Gasteiger partial charge >= 0.3 is 5.97 Å². The predicted molar refractivity (Wildman–Crippen MR) is 84.1 cm³/mol. The molecule has 1 amide bonds. The predicted octanol–water partition coefficient (Wildman–Crippen LogP) is 3.12. The average Bonchev–Trinajstić information content (AvgIpc) is 2.38. The Hall–Kier alpha value is -1.30. The van der Waals surface area contributed by atoms with Crippen LogP contribution in [0.5, 0.6) is 0 Å². The van der Waals surface area contributed by atoms with Crippen LogP contribution >= 0.6 is 23.2 Å². The quantitative estimate of drug-likeness (QED) is 0.804. The van der Waals surface area contributed by atoms with Crippen LogP contribution in [0.2, 0.25) is 10.0 Å². The molecule has 0 bridgehead atoms. The number of halogens is 2. The van der Waals surface area contributed by atoms with Crippen molar-refractivity contribution in [2.45, 2.75) is 26.3 Å². The first-order chi connectivity index (χ1) is 9.79. The Balaban J connectivity index is 2.56. The summed E-state index contributed by atoms with van der Waals surface area (Å²) >= 11 is 11.8. The minimum absolute atomic E-state index is 0.0451. The number of carboxylic acid groups (broad SMARTS) is 1. The first-order valence-electron chi connectivity index (χ1n) is 6.50. The molecule has 21 heavy (non-hydrogen) atoms. The van der Waals surface area contributed by atoms with Gasteiger partial charge in [-0.05, 0) is 32.0 Å². The van der Waals surface area contributed by atoms with Crippen LogP contribution in [-0.2, 0) is 9.59 Å². The normalized spacial score (nSPS) is 11.0. The molecule has 1 aromatic rings. The molecule has 2 N–H and O–H groups in total. The fraction of sp³-hybridized carbons (Fsp3) is 0.429. The van der Waals surface area contributed by atoms with Crippen molar-refractivity contribution in [3.05, 3.63) is 28.2 Å². The second kappa shape index (κ2) is 8.22. The molecule has 7 heteroatoms. The maximum absolute atomic E-state index is 11.9. The van der Waals surface area contributed by atoms with Gasteiger partial charge in [0.15, 0.2) is 0 Å². The van der Waals surface area contributed by atoms with Crippen LogP contribution in [0.3, 0.4) is 0 Å². The third-order valence-corrected chi connectivity index (χ3v) is 3.46. The van der Waals surface area contributed by atoms with Gasteiger partial charge in [-0.2, -0.15) is 0 Å². The average molecular weight is 333 g/mol. The minimum Gasteiger partial charge on any atom is -0.480 e. The first kappa shape index (κ1) is 17.8. The molecule has 0 saturated heterocycles. The number of hydrogen-bond donors (Lipinski definition) is 2. The number of amides is 1. The van der Waals surface area contributed by atoms with Crippen LogP contribution in [0.15, 0.2) is 18.2 Å². The summed E-state index contributed by atoms with van der Waals surface area (Å²) in [5.41, 5.74) is 0.448. The van der Waals surface area contributed by atoms with Crippen molar-refractivity contribution in [3.8, 4) is 0 Å². The third-order valence-electron chi connectivity index (χ3n) is 2.90. The van der Waals surface area contributed by atoms with Crippen LogP contribution in [0, 0.1) is 0 Å². The summed E-state index contributed by atoms with van der Waals surface area (Å²) in [4.78, 5) is 24.4. The summed E-state index contributed by atoms with van der Waals surface area (Å²) in [7, 11) is 0. The van der Waals surface area contributed by atoms with Gasteiger partial charge in [-0.15, -0.1) is 0 Å². The van der Waals surface area contributed by atoms with Crippen molar-refractivity contribution in [3.63, 3.8) is 0 Å². The smallest absolute Gasteiger partial charge is 0.317 e. The van der Waals surface area contributed by atoms with Crippen LogP contribution in [0.25, 0.3) is 0 Å². The fourth-order valence-corrected chi connectivity index (χ4v) is 2.08. The minimum atomic E-state index is -0.915. The lowest BCUT2D eigenvalue weighted by Crippen LogP contribution is -2.37. The van der Waals surface area contributed by atoms with Crippen LogP contribution in [-0.4, -0.2) is 41.0 Å². The lowest BCUT2D eigenvalue weighted by atomic mass is 10.2. The molecule has 0 unspecified atom stereocenters. The molecule has 1 aromatic carbocycles. The molecule has 0 fully saturated rings. The number of rotatable bonds is 7. The summed E-state index contributed by atoms with van der Waals surface area (Å²) in [5, 5.41) is 12.4. The van der Waals surface area contributed by atoms with Gasteiger partial charge in [0.05, 0.1) is 17.3 Å². The highest BCUT2D eigenvalue weighted by molar-refractivity contribution is 6.35. The van der Waals surface area contributed by atoms with E-state index in [1.54, 1.807) is 23.1 Å². The standard InChI is InChI=1S/C14H18Cl2N2O3/c1-9(2)18(8-14(20)21)6-5-13(19)17-12-7-10(15)3-4-11(12)16/h3-4,7,9H,5-6,8H2,1-2H3,(H,17,19)(H,20,21).